The number of carbonyl (C=O) groups excluding carboxylic acids is 2. The summed E-state index contributed by atoms with van der Waals surface area (Å²) in [6.07, 6.45) is 0.165. The van der Waals surface area contributed by atoms with Gasteiger partial charge in [-0.2, -0.15) is 0 Å². The van der Waals surface area contributed by atoms with E-state index in [0.29, 0.717) is 17.8 Å². The number of nitrogens with one attached hydrogen (secondary N) is 1. The lowest BCUT2D eigenvalue weighted by molar-refractivity contribution is -0.139. The van der Waals surface area contributed by atoms with Crippen molar-refractivity contribution in [3.05, 3.63) is 124 Å². The van der Waals surface area contributed by atoms with Crippen LogP contribution >= 0.6 is 11.8 Å². The van der Waals surface area contributed by atoms with E-state index in [2.05, 4.69) is 5.32 Å². The van der Waals surface area contributed by atoms with Gasteiger partial charge in [0.25, 0.3) is 0 Å². The van der Waals surface area contributed by atoms with Gasteiger partial charge in [-0.05, 0) is 35.9 Å². The largest absolute Gasteiger partial charge is 0.463 e. The maximum atomic E-state index is 13.6. The number of hydrogen-bond donors (Lipinski definition) is 1. The molecule has 0 aliphatic carbocycles. The van der Waals surface area contributed by atoms with E-state index < -0.39 is 12.0 Å². The molecule has 0 radical (unpaired) electrons. The first-order valence-corrected chi connectivity index (χ1v) is 13.5. The summed E-state index contributed by atoms with van der Waals surface area (Å²) in [7, 11) is 0. The minimum Gasteiger partial charge on any atom is -0.463 e. The van der Waals surface area contributed by atoms with Gasteiger partial charge in [-0.15, -0.1) is 0 Å². The Labute approximate surface area is 227 Å². The lowest BCUT2D eigenvalue weighted by Gasteiger charge is -2.37. The Bertz CT molecular complexity index is 1430. The molecular weight excluding hydrogens is 494 g/mol. The van der Waals surface area contributed by atoms with Gasteiger partial charge < -0.3 is 15.0 Å². The predicted octanol–water partition coefficient (Wildman–Crippen LogP) is 5.98. The molecule has 0 saturated carbocycles. The number of ether oxygens (including phenoxy) is 1. The summed E-state index contributed by atoms with van der Waals surface area (Å²) in [6, 6.07) is 27.1. The molecule has 0 aromatic heterocycles. The SMILES string of the molecule is CCOC(=O)C1=C(c2ccccc2)N=C2SC=C(CC(=O)NCc3ccccc3)N2C1c1ccccc1C. The number of aryl methyl sites for hydroxylation is 1. The van der Waals surface area contributed by atoms with Gasteiger partial charge in [0.1, 0.15) is 0 Å². The summed E-state index contributed by atoms with van der Waals surface area (Å²) in [6.45, 7) is 4.54. The zero-order chi connectivity index (χ0) is 26.5. The number of benzene rings is 3. The van der Waals surface area contributed by atoms with Crippen molar-refractivity contribution >= 4 is 34.5 Å². The van der Waals surface area contributed by atoms with E-state index in [1.807, 2.05) is 102 Å². The number of esters is 1. The summed E-state index contributed by atoms with van der Waals surface area (Å²) in [4.78, 5) is 33.6. The van der Waals surface area contributed by atoms with Crippen molar-refractivity contribution in [1.82, 2.24) is 10.2 Å². The Kier molecular flexibility index (Phi) is 7.75. The van der Waals surface area contributed by atoms with Gasteiger partial charge in [0.2, 0.25) is 5.91 Å². The number of hydrogen-bond acceptors (Lipinski definition) is 6. The van der Waals surface area contributed by atoms with E-state index in [0.717, 1.165) is 33.1 Å². The van der Waals surface area contributed by atoms with E-state index in [4.69, 9.17) is 9.73 Å². The summed E-state index contributed by atoms with van der Waals surface area (Å²) < 4.78 is 5.58. The van der Waals surface area contributed by atoms with Crippen molar-refractivity contribution < 1.29 is 14.3 Å². The lowest BCUT2D eigenvalue weighted by atomic mass is 9.89. The van der Waals surface area contributed by atoms with Crippen LogP contribution in [0.15, 0.2) is 107 Å². The smallest absolute Gasteiger partial charge is 0.338 e. The molecule has 2 aliphatic rings. The Morgan fingerprint density at radius 1 is 0.974 bits per heavy atom. The molecular formula is C31H29N3O3S. The first-order valence-electron chi connectivity index (χ1n) is 12.6. The molecule has 192 valence electrons. The topological polar surface area (TPSA) is 71.0 Å². The van der Waals surface area contributed by atoms with Crippen LogP contribution in [-0.2, 0) is 20.9 Å². The fourth-order valence-electron chi connectivity index (χ4n) is 4.70. The predicted molar refractivity (Wildman–Crippen MR) is 152 cm³/mol. The highest BCUT2D eigenvalue weighted by Crippen LogP contribution is 2.47. The number of nitrogens with zero attached hydrogens (tertiary/aromatic N) is 2. The van der Waals surface area contributed by atoms with Gasteiger partial charge in [0.15, 0.2) is 5.17 Å². The van der Waals surface area contributed by atoms with Crippen molar-refractivity contribution in [1.29, 1.82) is 0 Å². The molecule has 3 aromatic carbocycles. The number of fused-ring (bicyclic) bond motifs is 1. The van der Waals surface area contributed by atoms with Crippen LogP contribution in [0.3, 0.4) is 0 Å². The molecule has 0 bridgehead atoms. The highest BCUT2D eigenvalue weighted by Gasteiger charge is 2.42. The van der Waals surface area contributed by atoms with Gasteiger partial charge >= 0.3 is 5.97 Å². The summed E-state index contributed by atoms with van der Waals surface area (Å²) in [5.74, 6) is -0.506. The third kappa shape index (κ3) is 5.29. The van der Waals surface area contributed by atoms with Crippen molar-refractivity contribution in [3.8, 4) is 0 Å². The Morgan fingerprint density at radius 3 is 2.37 bits per heavy atom. The first kappa shape index (κ1) is 25.5. The maximum absolute atomic E-state index is 13.6. The third-order valence-electron chi connectivity index (χ3n) is 6.51. The van der Waals surface area contributed by atoms with Gasteiger partial charge in [-0.3, -0.25) is 4.79 Å². The van der Waals surface area contributed by atoms with Gasteiger partial charge in [0.05, 0.1) is 30.3 Å². The molecule has 1 atom stereocenters. The van der Waals surface area contributed by atoms with E-state index in [1.165, 1.54) is 11.8 Å². The Morgan fingerprint density at radius 2 is 1.66 bits per heavy atom. The number of thioether (sulfide) groups is 1. The number of rotatable bonds is 8. The van der Waals surface area contributed by atoms with E-state index in [-0.39, 0.29) is 18.9 Å². The van der Waals surface area contributed by atoms with Crippen LogP contribution in [0.4, 0.5) is 0 Å². The monoisotopic (exact) mass is 523 g/mol. The first-order chi connectivity index (χ1) is 18.6. The molecule has 0 saturated heterocycles. The molecule has 2 aliphatic heterocycles. The zero-order valence-electron chi connectivity index (χ0n) is 21.4. The molecule has 0 spiro atoms. The van der Waals surface area contributed by atoms with Gasteiger partial charge in [-0.25, -0.2) is 9.79 Å². The quantitative estimate of drug-likeness (QED) is 0.368. The Balaban J connectivity index is 1.54. The van der Waals surface area contributed by atoms with E-state index in [1.54, 1.807) is 6.92 Å². The van der Waals surface area contributed by atoms with Crippen molar-refractivity contribution in [2.75, 3.05) is 6.61 Å². The number of amides is 1. The van der Waals surface area contributed by atoms with E-state index >= 15 is 0 Å². The highest BCUT2D eigenvalue weighted by atomic mass is 32.2. The minimum absolute atomic E-state index is 0.0963. The molecule has 1 N–H and O–H groups in total. The maximum Gasteiger partial charge on any atom is 0.338 e. The molecule has 1 amide bonds. The fraction of sp³-hybridized carbons (Fsp3) is 0.194. The second-order valence-corrected chi connectivity index (χ2v) is 9.87. The summed E-state index contributed by atoms with van der Waals surface area (Å²) in [5.41, 5.74) is 5.74. The van der Waals surface area contributed by atoms with E-state index in [9.17, 15) is 9.59 Å². The molecule has 1 unspecified atom stereocenters. The Hall–Kier alpha value is -4.10. The van der Waals surface area contributed by atoms with Crippen molar-refractivity contribution in [2.24, 2.45) is 4.99 Å². The van der Waals surface area contributed by atoms with Gasteiger partial charge in [0, 0.05) is 17.8 Å². The highest BCUT2D eigenvalue weighted by molar-refractivity contribution is 8.16. The summed E-state index contributed by atoms with van der Waals surface area (Å²) >= 11 is 1.47. The van der Waals surface area contributed by atoms with Crippen LogP contribution in [0.2, 0.25) is 0 Å². The number of carbonyl (C=O) groups is 2. The average molecular weight is 524 g/mol. The number of aliphatic imine (C=N–C) groups is 1. The van der Waals surface area contributed by atoms with Gasteiger partial charge in [-0.1, -0.05) is 96.7 Å². The van der Waals surface area contributed by atoms with Crippen LogP contribution in [-0.4, -0.2) is 28.6 Å². The van der Waals surface area contributed by atoms with Crippen LogP contribution in [0.5, 0.6) is 0 Å². The van der Waals surface area contributed by atoms with Crippen LogP contribution in [0.1, 0.15) is 41.6 Å². The van der Waals surface area contributed by atoms with Crippen molar-refractivity contribution in [2.45, 2.75) is 32.9 Å². The zero-order valence-corrected chi connectivity index (χ0v) is 22.2. The van der Waals surface area contributed by atoms with Crippen molar-refractivity contribution in [3.63, 3.8) is 0 Å². The second kappa shape index (κ2) is 11.5. The third-order valence-corrected chi connectivity index (χ3v) is 7.40. The second-order valence-electron chi connectivity index (χ2n) is 9.04. The molecule has 38 heavy (non-hydrogen) atoms. The van der Waals surface area contributed by atoms with Crippen LogP contribution in [0.25, 0.3) is 5.70 Å². The molecule has 6 nitrogen and oxygen atoms in total. The normalized spacial score (nSPS) is 16.5. The lowest BCUT2D eigenvalue weighted by Crippen LogP contribution is -2.38. The average Bonchev–Trinajstić information content (AvgIpc) is 3.34. The van der Waals surface area contributed by atoms with Crippen LogP contribution in [0, 0.1) is 6.92 Å². The minimum atomic E-state index is -0.485. The van der Waals surface area contributed by atoms with Crippen LogP contribution < -0.4 is 5.32 Å². The molecule has 0 fully saturated rings. The number of amidine groups is 1. The molecule has 7 heteroatoms. The molecule has 2 heterocycles. The molecule has 5 rings (SSSR count). The standard InChI is InChI=1S/C31H29N3O3S/c1-3-37-30(36)27-28(23-15-8-5-9-16-23)33-31-34(29(27)25-17-11-10-12-21(25)2)24(20-38-31)18-26(35)32-19-22-13-6-4-7-14-22/h4-17,20,29H,3,18-19H2,1-2H3,(H,32,35). The molecule has 3 aromatic rings. The fourth-order valence-corrected chi connectivity index (χ4v) is 5.62. The summed E-state index contributed by atoms with van der Waals surface area (Å²) in [5, 5.41) is 5.71.